The summed E-state index contributed by atoms with van der Waals surface area (Å²) < 4.78 is 5.20. The molecule has 0 radical (unpaired) electrons. The third-order valence-electron chi connectivity index (χ3n) is 4.24. The zero-order valence-electron chi connectivity index (χ0n) is 10.2. The lowest BCUT2D eigenvalue weighted by Crippen LogP contribution is -2.32. The molecular formula is C13H22O2. The van der Waals surface area contributed by atoms with Crippen LogP contribution in [0.5, 0.6) is 0 Å². The summed E-state index contributed by atoms with van der Waals surface area (Å²) in [7, 11) is 0. The molecule has 0 amide bonds. The van der Waals surface area contributed by atoms with Crippen molar-refractivity contribution < 1.29 is 9.53 Å². The summed E-state index contributed by atoms with van der Waals surface area (Å²) in [5, 5.41) is 0. The fourth-order valence-corrected chi connectivity index (χ4v) is 3.73. The first-order chi connectivity index (χ1) is 6.95. The number of carbonyl (C=O) groups is 1. The van der Waals surface area contributed by atoms with Crippen molar-refractivity contribution in [2.75, 3.05) is 6.61 Å². The Kier molecular flexibility index (Phi) is 2.56. The molecule has 0 bridgehead atoms. The number of carbonyl (C=O) groups excluding carboxylic acids is 1. The molecular weight excluding hydrogens is 188 g/mol. The lowest BCUT2D eigenvalue weighted by molar-refractivity contribution is -0.144. The van der Waals surface area contributed by atoms with Crippen molar-refractivity contribution in [3.05, 3.63) is 0 Å². The first-order valence-corrected chi connectivity index (χ1v) is 6.11. The van der Waals surface area contributed by atoms with Gasteiger partial charge in [-0.3, -0.25) is 4.79 Å². The van der Waals surface area contributed by atoms with E-state index < -0.39 is 0 Å². The Hall–Kier alpha value is -0.530. The highest BCUT2D eigenvalue weighted by Crippen LogP contribution is 2.53. The van der Waals surface area contributed by atoms with Crippen LogP contribution < -0.4 is 0 Å². The molecule has 0 N–H and O–H groups in total. The van der Waals surface area contributed by atoms with Gasteiger partial charge in [-0.25, -0.2) is 0 Å². The average Bonchev–Trinajstić information content (AvgIpc) is 2.64. The van der Waals surface area contributed by atoms with E-state index in [1.54, 1.807) is 0 Å². The van der Waals surface area contributed by atoms with Gasteiger partial charge in [0, 0.05) is 5.92 Å². The zero-order valence-corrected chi connectivity index (χ0v) is 10.2. The van der Waals surface area contributed by atoms with Crippen LogP contribution >= 0.6 is 0 Å². The number of rotatable bonds is 1. The topological polar surface area (TPSA) is 26.3 Å². The molecule has 1 aliphatic carbocycles. The van der Waals surface area contributed by atoms with Crippen LogP contribution in [-0.4, -0.2) is 12.6 Å². The van der Waals surface area contributed by atoms with Gasteiger partial charge >= 0.3 is 5.97 Å². The van der Waals surface area contributed by atoms with Crippen LogP contribution in [0.25, 0.3) is 0 Å². The molecule has 0 aromatic rings. The van der Waals surface area contributed by atoms with E-state index in [4.69, 9.17) is 4.74 Å². The van der Waals surface area contributed by atoms with Gasteiger partial charge in [0.1, 0.15) is 0 Å². The molecule has 1 aliphatic heterocycles. The summed E-state index contributed by atoms with van der Waals surface area (Å²) in [4.78, 5) is 11.8. The number of ether oxygens (including phenoxy) is 1. The number of esters is 1. The van der Waals surface area contributed by atoms with Crippen molar-refractivity contribution in [2.45, 2.75) is 40.5 Å². The molecule has 0 spiro atoms. The van der Waals surface area contributed by atoms with Crippen LogP contribution in [0.2, 0.25) is 0 Å². The minimum atomic E-state index is 0.0656. The summed E-state index contributed by atoms with van der Waals surface area (Å²) >= 11 is 0. The van der Waals surface area contributed by atoms with E-state index in [2.05, 4.69) is 27.7 Å². The molecule has 86 valence electrons. The van der Waals surface area contributed by atoms with Crippen molar-refractivity contribution in [3.63, 3.8) is 0 Å². The van der Waals surface area contributed by atoms with Gasteiger partial charge in [-0.15, -0.1) is 0 Å². The molecule has 1 saturated heterocycles. The molecule has 2 nitrogen and oxygen atoms in total. The molecule has 2 aliphatic rings. The Morgan fingerprint density at radius 1 is 1.40 bits per heavy atom. The molecule has 1 heterocycles. The number of fused-ring (bicyclic) bond motifs is 1. The quantitative estimate of drug-likeness (QED) is 0.622. The van der Waals surface area contributed by atoms with Crippen LogP contribution in [0.1, 0.15) is 40.5 Å². The Bertz CT molecular complexity index is 264. The van der Waals surface area contributed by atoms with Gasteiger partial charge in [0.15, 0.2) is 0 Å². The predicted octanol–water partition coefficient (Wildman–Crippen LogP) is 2.87. The van der Waals surface area contributed by atoms with Gasteiger partial charge in [0.2, 0.25) is 0 Å². The smallest absolute Gasteiger partial charge is 0.309 e. The Labute approximate surface area is 92.4 Å². The Morgan fingerprint density at radius 3 is 2.60 bits per heavy atom. The number of cyclic esters (lactones) is 1. The van der Waals surface area contributed by atoms with Gasteiger partial charge in [0.25, 0.3) is 0 Å². The van der Waals surface area contributed by atoms with Crippen molar-refractivity contribution >= 4 is 5.97 Å². The van der Waals surface area contributed by atoms with Crippen molar-refractivity contribution in [1.29, 1.82) is 0 Å². The van der Waals surface area contributed by atoms with Crippen LogP contribution in [0.4, 0.5) is 0 Å². The van der Waals surface area contributed by atoms with Gasteiger partial charge in [-0.1, -0.05) is 34.1 Å². The van der Waals surface area contributed by atoms with E-state index in [1.807, 2.05) is 0 Å². The Morgan fingerprint density at radius 2 is 2.07 bits per heavy atom. The maximum Gasteiger partial charge on any atom is 0.309 e. The lowest BCUT2D eigenvalue weighted by atomic mass is 9.70. The number of hydrogen-bond acceptors (Lipinski definition) is 2. The van der Waals surface area contributed by atoms with Gasteiger partial charge < -0.3 is 4.74 Å². The standard InChI is InChI=1S/C13H22O2/c1-5-8-6-9-7-15-12(14)10(9)11(8)13(2,3)4/h8-11H,5-7H2,1-4H3. The summed E-state index contributed by atoms with van der Waals surface area (Å²) in [5.41, 5.74) is 0.226. The normalized spacial score (nSPS) is 40.4. The van der Waals surface area contributed by atoms with Gasteiger partial charge in [0.05, 0.1) is 12.5 Å². The molecule has 0 aromatic heterocycles. The van der Waals surface area contributed by atoms with Crippen LogP contribution in [0.3, 0.4) is 0 Å². The predicted molar refractivity (Wildman–Crippen MR) is 59.3 cm³/mol. The second kappa shape index (κ2) is 3.50. The maximum atomic E-state index is 11.8. The second-order valence-corrected chi connectivity index (χ2v) is 6.21. The third kappa shape index (κ3) is 1.68. The highest BCUT2D eigenvalue weighted by Gasteiger charge is 2.54. The summed E-state index contributed by atoms with van der Waals surface area (Å²) in [6.07, 6.45) is 2.39. The van der Waals surface area contributed by atoms with Crippen molar-refractivity contribution in [1.82, 2.24) is 0 Å². The third-order valence-corrected chi connectivity index (χ3v) is 4.24. The van der Waals surface area contributed by atoms with E-state index in [1.165, 1.54) is 12.8 Å². The van der Waals surface area contributed by atoms with Gasteiger partial charge in [-0.2, -0.15) is 0 Å². The monoisotopic (exact) mass is 210 g/mol. The number of hydrogen-bond donors (Lipinski definition) is 0. The molecule has 4 atom stereocenters. The first-order valence-electron chi connectivity index (χ1n) is 6.11. The molecule has 15 heavy (non-hydrogen) atoms. The van der Waals surface area contributed by atoms with Crippen LogP contribution in [0.15, 0.2) is 0 Å². The fraction of sp³-hybridized carbons (Fsp3) is 0.923. The maximum absolute atomic E-state index is 11.8. The SMILES string of the molecule is CCC1CC2COC(=O)C2C1C(C)(C)C. The molecule has 1 saturated carbocycles. The van der Waals surface area contributed by atoms with Gasteiger partial charge in [-0.05, 0) is 23.7 Å². The summed E-state index contributed by atoms with van der Waals surface area (Å²) in [5.74, 6) is 1.99. The molecule has 0 aromatic carbocycles. The first kappa shape index (κ1) is 11.0. The largest absolute Gasteiger partial charge is 0.465 e. The lowest BCUT2D eigenvalue weighted by Gasteiger charge is -2.34. The molecule has 2 heteroatoms. The molecule has 2 rings (SSSR count). The second-order valence-electron chi connectivity index (χ2n) is 6.21. The Balaban J connectivity index is 2.27. The van der Waals surface area contributed by atoms with E-state index >= 15 is 0 Å². The van der Waals surface area contributed by atoms with Crippen molar-refractivity contribution in [3.8, 4) is 0 Å². The van der Waals surface area contributed by atoms with Crippen LogP contribution in [-0.2, 0) is 9.53 Å². The van der Waals surface area contributed by atoms with Crippen LogP contribution in [0, 0.1) is 29.1 Å². The minimum absolute atomic E-state index is 0.0656. The molecule has 2 fully saturated rings. The zero-order chi connectivity index (χ0) is 11.2. The summed E-state index contributed by atoms with van der Waals surface area (Å²) in [6, 6.07) is 0. The molecule has 4 unspecified atom stereocenters. The highest BCUT2D eigenvalue weighted by molar-refractivity contribution is 5.75. The summed E-state index contributed by atoms with van der Waals surface area (Å²) in [6.45, 7) is 9.69. The van der Waals surface area contributed by atoms with E-state index in [9.17, 15) is 4.79 Å². The average molecular weight is 210 g/mol. The van der Waals surface area contributed by atoms with E-state index in [0.717, 1.165) is 0 Å². The highest BCUT2D eigenvalue weighted by atomic mass is 16.5. The minimum Gasteiger partial charge on any atom is -0.465 e. The van der Waals surface area contributed by atoms with E-state index in [-0.39, 0.29) is 17.3 Å². The van der Waals surface area contributed by atoms with E-state index in [0.29, 0.717) is 24.4 Å². The van der Waals surface area contributed by atoms with Crippen molar-refractivity contribution in [2.24, 2.45) is 29.1 Å². The fourth-order valence-electron chi connectivity index (χ4n) is 3.73.